The zero-order valence-corrected chi connectivity index (χ0v) is 22.5. The number of carbonyl (C=O) groups is 3. The molecule has 3 amide bonds. The lowest BCUT2D eigenvalue weighted by molar-refractivity contribution is -0.112. The largest absolute Gasteiger partial charge is 0.305 e. The van der Waals surface area contributed by atoms with Crippen molar-refractivity contribution >= 4 is 46.3 Å². The van der Waals surface area contributed by atoms with Crippen LogP contribution in [-0.4, -0.2) is 33.2 Å². The van der Waals surface area contributed by atoms with E-state index >= 15 is 0 Å². The first-order valence-corrected chi connectivity index (χ1v) is 13.1. The lowest BCUT2D eigenvalue weighted by atomic mass is 10.1. The minimum Gasteiger partial charge on any atom is -0.305 e. The van der Waals surface area contributed by atoms with Crippen LogP contribution in [0.3, 0.4) is 0 Å². The fourth-order valence-corrected chi connectivity index (χ4v) is 4.63. The van der Waals surface area contributed by atoms with Crippen molar-refractivity contribution in [3.05, 3.63) is 127 Å². The highest BCUT2D eigenvalue weighted by atomic mass is 16.2. The van der Waals surface area contributed by atoms with E-state index in [-0.39, 0.29) is 11.6 Å². The van der Waals surface area contributed by atoms with E-state index < -0.39 is 11.8 Å². The molecule has 0 aliphatic carbocycles. The topological polar surface area (TPSA) is 112 Å². The number of carbonyl (C=O) groups excluding carboxylic acids is 3. The lowest BCUT2D eigenvalue weighted by Gasteiger charge is -2.26. The number of rotatable bonds is 7. The number of hydrogen-bond acceptors (Lipinski definition) is 6. The maximum Gasteiger partial charge on any atom is 0.303 e. The normalized spacial score (nSPS) is 12.9. The van der Waals surface area contributed by atoms with Crippen molar-refractivity contribution in [2.75, 3.05) is 20.8 Å². The van der Waals surface area contributed by atoms with Gasteiger partial charge in [0.2, 0.25) is 5.71 Å². The van der Waals surface area contributed by atoms with Gasteiger partial charge >= 0.3 is 11.8 Å². The van der Waals surface area contributed by atoms with Gasteiger partial charge in [0.15, 0.2) is 5.82 Å². The quantitative estimate of drug-likeness (QED) is 0.271. The molecule has 1 fully saturated rings. The van der Waals surface area contributed by atoms with E-state index in [1.807, 2.05) is 48.5 Å². The van der Waals surface area contributed by atoms with Crippen molar-refractivity contribution in [3.63, 3.8) is 0 Å². The van der Waals surface area contributed by atoms with Crippen molar-refractivity contribution in [1.82, 2.24) is 9.78 Å². The molecule has 5 aromatic rings. The summed E-state index contributed by atoms with van der Waals surface area (Å²) in [6.45, 7) is 0. The predicted molar refractivity (Wildman–Crippen MR) is 162 cm³/mol. The minimum atomic E-state index is -0.609. The fraction of sp³-hybridized carbons (Fsp3) is 0.0312. The van der Waals surface area contributed by atoms with E-state index in [2.05, 4.69) is 20.9 Å². The minimum absolute atomic E-state index is 0.310. The highest BCUT2D eigenvalue weighted by Crippen LogP contribution is 2.35. The monoisotopic (exact) mass is 555 g/mol. The Balaban J connectivity index is 1.41. The molecule has 0 bridgehead atoms. The Hall–Kier alpha value is -6.03. The number of aromatic nitrogens is 2. The van der Waals surface area contributed by atoms with Crippen molar-refractivity contribution in [1.29, 1.82) is 0 Å². The van der Waals surface area contributed by atoms with E-state index in [0.29, 0.717) is 34.1 Å². The third kappa shape index (κ3) is 4.88. The molecule has 206 valence electrons. The van der Waals surface area contributed by atoms with Gasteiger partial charge in [-0.2, -0.15) is 10.2 Å². The molecular weight excluding hydrogens is 530 g/mol. The summed E-state index contributed by atoms with van der Waals surface area (Å²) in [7, 11) is 1.69. The van der Waals surface area contributed by atoms with Gasteiger partial charge in [-0.3, -0.25) is 19.8 Å². The number of anilines is 4. The molecule has 0 radical (unpaired) electrons. The average molecular weight is 556 g/mol. The van der Waals surface area contributed by atoms with Crippen LogP contribution in [0, 0.1) is 0 Å². The summed E-state index contributed by atoms with van der Waals surface area (Å²) in [6, 6.07) is 35.8. The SMILES string of the molecule is Cn1nc(-c2ccccc2)c(NN=C2C(=O)N(c3ccccc3)N(c3ccccc3)C2=O)c1NC(=O)c1ccccc1. The summed E-state index contributed by atoms with van der Waals surface area (Å²) in [5, 5.41) is 14.4. The number of nitrogens with one attached hydrogen (secondary N) is 2. The maximum absolute atomic E-state index is 13.7. The van der Waals surface area contributed by atoms with Gasteiger partial charge in [-0.25, -0.2) is 14.7 Å². The van der Waals surface area contributed by atoms with Gasteiger partial charge in [0.1, 0.15) is 11.4 Å². The van der Waals surface area contributed by atoms with Crippen LogP contribution in [0.1, 0.15) is 10.4 Å². The van der Waals surface area contributed by atoms with Crippen LogP contribution in [0.5, 0.6) is 0 Å². The van der Waals surface area contributed by atoms with Crippen molar-refractivity contribution < 1.29 is 14.4 Å². The van der Waals surface area contributed by atoms with Crippen LogP contribution in [-0.2, 0) is 16.6 Å². The number of para-hydroxylation sites is 2. The predicted octanol–water partition coefficient (Wildman–Crippen LogP) is 5.10. The molecule has 10 heteroatoms. The third-order valence-corrected chi connectivity index (χ3v) is 6.63. The highest BCUT2D eigenvalue weighted by molar-refractivity contribution is 6.74. The Morgan fingerprint density at radius 2 is 1.17 bits per heavy atom. The van der Waals surface area contributed by atoms with Gasteiger partial charge in [0.05, 0.1) is 11.4 Å². The molecule has 1 aliphatic heterocycles. The number of nitrogens with zero attached hydrogens (tertiary/aromatic N) is 5. The van der Waals surface area contributed by atoms with Crippen molar-refractivity contribution in [2.24, 2.45) is 12.1 Å². The zero-order chi connectivity index (χ0) is 29.1. The number of hydrazone groups is 1. The van der Waals surface area contributed by atoms with Gasteiger partial charge in [-0.05, 0) is 36.4 Å². The molecule has 0 saturated carbocycles. The van der Waals surface area contributed by atoms with Crippen molar-refractivity contribution in [3.8, 4) is 11.3 Å². The van der Waals surface area contributed by atoms with E-state index in [1.54, 1.807) is 79.8 Å². The maximum atomic E-state index is 13.7. The molecule has 1 aliphatic rings. The van der Waals surface area contributed by atoms with Crippen molar-refractivity contribution in [2.45, 2.75) is 0 Å². The first-order valence-electron chi connectivity index (χ1n) is 13.1. The Morgan fingerprint density at radius 3 is 1.69 bits per heavy atom. The Labute approximate surface area is 241 Å². The Kier molecular flexibility index (Phi) is 7.00. The fourth-order valence-electron chi connectivity index (χ4n) is 4.63. The summed E-state index contributed by atoms with van der Waals surface area (Å²) in [5.74, 6) is -1.26. The lowest BCUT2D eigenvalue weighted by Crippen LogP contribution is -2.41. The third-order valence-electron chi connectivity index (χ3n) is 6.63. The molecule has 2 N–H and O–H groups in total. The van der Waals surface area contributed by atoms with Gasteiger partial charge in [0, 0.05) is 18.2 Å². The number of amides is 3. The molecule has 0 atom stereocenters. The standard InChI is InChI=1S/C32H25N7O3/c1-37-29(33-30(40)23-16-8-3-9-17-23)27(26(36-37)22-14-6-2-7-15-22)34-35-28-31(41)38(24-18-10-4-11-19-24)39(32(28)42)25-20-12-5-13-21-25/h2-21,34H,1H3,(H,33,40). The summed E-state index contributed by atoms with van der Waals surface area (Å²) < 4.78 is 1.51. The molecular formula is C32H25N7O3. The second-order valence-electron chi connectivity index (χ2n) is 9.36. The number of hydrogen-bond donors (Lipinski definition) is 2. The van der Waals surface area contributed by atoms with E-state index in [9.17, 15) is 14.4 Å². The van der Waals surface area contributed by atoms with Gasteiger partial charge in [-0.15, -0.1) is 0 Å². The van der Waals surface area contributed by atoms with Crippen LogP contribution < -0.4 is 20.8 Å². The molecule has 2 heterocycles. The second kappa shape index (κ2) is 11.2. The first kappa shape index (κ1) is 26.2. The summed E-state index contributed by atoms with van der Waals surface area (Å²) in [4.78, 5) is 40.6. The van der Waals surface area contributed by atoms with E-state index in [0.717, 1.165) is 5.56 Å². The number of hydrazine groups is 1. The van der Waals surface area contributed by atoms with E-state index in [1.165, 1.54) is 14.7 Å². The molecule has 1 saturated heterocycles. The Morgan fingerprint density at radius 1 is 0.690 bits per heavy atom. The molecule has 1 aromatic heterocycles. The van der Waals surface area contributed by atoms with Gasteiger partial charge < -0.3 is 5.32 Å². The molecule has 4 aromatic carbocycles. The molecule has 42 heavy (non-hydrogen) atoms. The van der Waals surface area contributed by atoms with Crippen LogP contribution in [0.4, 0.5) is 22.9 Å². The summed E-state index contributed by atoms with van der Waals surface area (Å²) in [5.41, 5.74) is 5.59. The molecule has 10 nitrogen and oxygen atoms in total. The van der Waals surface area contributed by atoms with Crippen LogP contribution in [0.15, 0.2) is 126 Å². The highest BCUT2D eigenvalue weighted by Gasteiger charge is 2.45. The van der Waals surface area contributed by atoms with Crippen LogP contribution in [0.2, 0.25) is 0 Å². The summed E-state index contributed by atoms with van der Waals surface area (Å²) >= 11 is 0. The first-order chi connectivity index (χ1) is 20.5. The number of aryl methyl sites for hydroxylation is 1. The van der Waals surface area contributed by atoms with Crippen LogP contribution in [0.25, 0.3) is 11.3 Å². The van der Waals surface area contributed by atoms with E-state index in [4.69, 9.17) is 0 Å². The average Bonchev–Trinajstić information content (AvgIpc) is 3.48. The molecule has 0 spiro atoms. The summed E-state index contributed by atoms with van der Waals surface area (Å²) in [6.07, 6.45) is 0. The Bertz CT molecular complexity index is 1730. The molecule has 0 unspecified atom stereocenters. The zero-order valence-electron chi connectivity index (χ0n) is 22.5. The van der Waals surface area contributed by atoms with Gasteiger partial charge in [0.25, 0.3) is 5.91 Å². The molecule has 6 rings (SSSR count). The van der Waals surface area contributed by atoms with Gasteiger partial charge in [-0.1, -0.05) is 84.9 Å². The number of benzene rings is 4. The van der Waals surface area contributed by atoms with Crippen LogP contribution >= 0.6 is 0 Å². The smallest absolute Gasteiger partial charge is 0.303 e. The second-order valence-corrected chi connectivity index (χ2v) is 9.36.